The molecule has 2 nitrogen and oxygen atoms in total. The van der Waals surface area contributed by atoms with Gasteiger partial charge in [0.15, 0.2) is 0 Å². The molecule has 2 heterocycles. The molecule has 2 bridgehead atoms. The second-order valence-corrected chi connectivity index (χ2v) is 6.54. The lowest BCUT2D eigenvalue weighted by Gasteiger charge is -2.43. The van der Waals surface area contributed by atoms with Gasteiger partial charge in [-0.25, -0.2) is 0 Å². The summed E-state index contributed by atoms with van der Waals surface area (Å²) < 4.78 is 0. The first-order valence-corrected chi connectivity index (χ1v) is 7.39. The highest BCUT2D eigenvalue weighted by molar-refractivity contribution is 5.65. The molecule has 0 aromatic heterocycles. The third-order valence-corrected chi connectivity index (χ3v) is 5.50. The molecule has 100 valence electrons. The van der Waals surface area contributed by atoms with Crippen LogP contribution in [0.15, 0.2) is 29.8 Å². The van der Waals surface area contributed by atoms with Crippen molar-refractivity contribution in [3.63, 3.8) is 0 Å². The summed E-state index contributed by atoms with van der Waals surface area (Å²) in [6.45, 7) is 0. The number of hydrogen-bond donors (Lipinski definition) is 1. The van der Waals surface area contributed by atoms with E-state index in [1.165, 1.54) is 29.5 Å². The molecule has 2 atom stereocenters. The van der Waals surface area contributed by atoms with Crippen molar-refractivity contribution >= 4 is 6.08 Å². The molecule has 4 rings (SSSR count). The van der Waals surface area contributed by atoms with Crippen LogP contribution in [-0.2, 0) is 6.42 Å². The summed E-state index contributed by atoms with van der Waals surface area (Å²) in [7, 11) is 2.22. The van der Waals surface area contributed by atoms with E-state index in [2.05, 4.69) is 42.3 Å². The number of fused-ring (bicyclic) bond motifs is 3. The Bertz CT molecular complexity index is 534. The van der Waals surface area contributed by atoms with Gasteiger partial charge in [0.2, 0.25) is 0 Å². The van der Waals surface area contributed by atoms with Gasteiger partial charge in [-0.15, -0.1) is 0 Å². The van der Waals surface area contributed by atoms with Crippen molar-refractivity contribution in [2.45, 2.75) is 49.8 Å². The average Bonchev–Trinajstić information content (AvgIpc) is 2.92. The van der Waals surface area contributed by atoms with Crippen LogP contribution in [0.25, 0.3) is 6.08 Å². The highest BCUT2D eigenvalue weighted by Gasteiger charge is 2.48. The smallest absolute Gasteiger partial charge is 0.0893 e. The Morgan fingerprint density at radius 1 is 1.16 bits per heavy atom. The summed E-state index contributed by atoms with van der Waals surface area (Å²) in [5.41, 5.74) is 3.37. The standard InChI is InChI=1S/C17H21NO/c1-18-15-6-7-16(18)11-17(19,10-15)14-8-12-4-2-3-5-13(12)9-14/h2-5,8,15-16,19H,6-7,9-11H2,1H3. The molecule has 19 heavy (non-hydrogen) atoms. The summed E-state index contributed by atoms with van der Waals surface area (Å²) in [5, 5.41) is 11.1. The van der Waals surface area contributed by atoms with Crippen molar-refractivity contribution in [2.24, 2.45) is 0 Å². The van der Waals surface area contributed by atoms with E-state index < -0.39 is 5.60 Å². The first-order chi connectivity index (χ1) is 9.16. The van der Waals surface area contributed by atoms with E-state index in [1.807, 2.05) is 0 Å². The largest absolute Gasteiger partial charge is 0.385 e. The predicted molar refractivity (Wildman–Crippen MR) is 76.9 cm³/mol. The zero-order valence-corrected chi connectivity index (χ0v) is 11.5. The van der Waals surface area contributed by atoms with Crippen molar-refractivity contribution in [3.05, 3.63) is 41.0 Å². The van der Waals surface area contributed by atoms with Gasteiger partial charge in [0.25, 0.3) is 0 Å². The van der Waals surface area contributed by atoms with Crippen LogP contribution in [0.5, 0.6) is 0 Å². The van der Waals surface area contributed by atoms with Gasteiger partial charge in [-0.3, -0.25) is 0 Å². The lowest BCUT2D eigenvalue weighted by molar-refractivity contribution is -0.0167. The highest BCUT2D eigenvalue weighted by Crippen LogP contribution is 2.45. The fourth-order valence-corrected chi connectivity index (χ4v) is 4.29. The van der Waals surface area contributed by atoms with Crippen molar-refractivity contribution in [1.29, 1.82) is 0 Å². The molecule has 0 radical (unpaired) electrons. The highest BCUT2D eigenvalue weighted by atomic mass is 16.3. The van der Waals surface area contributed by atoms with Gasteiger partial charge in [-0.05, 0) is 55.9 Å². The molecule has 0 spiro atoms. The summed E-state index contributed by atoms with van der Waals surface area (Å²) in [4.78, 5) is 2.48. The van der Waals surface area contributed by atoms with E-state index in [9.17, 15) is 5.11 Å². The van der Waals surface area contributed by atoms with Crippen LogP contribution in [0.1, 0.15) is 36.8 Å². The van der Waals surface area contributed by atoms with Crippen LogP contribution in [0.2, 0.25) is 0 Å². The molecule has 2 fully saturated rings. The normalized spacial score (nSPS) is 37.3. The van der Waals surface area contributed by atoms with Gasteiger partial charge in [0.05, 0.1) is 5.60 Å². The Balaban J connectivity index is 1.64. The van der Waals surface area contributed by atoms with Gasteiger partial charge in [-0.2, -0.15) is 0 Å². The molecule has 1 N–H and O–H groups in total. The van der Waals surface area contributed by atoms with E-state index in [0.717, 1.165) is 19.3 Å². The van der Waals surface area contributed by atoms with Crippen LogP contribution < -0.4 is 0 Å². The second-order valence-electron chi connectivity index (χ2n) is 6.54. The number of hydrogen-bond acceptors (Lipinski definition) is 2. The van der Waals surface area contributed by atoms with Crippen LogP contribution in [0.3, 0.4) is 0 Å². The van der Waals surface area contributed by atoms with Crippen LogP contribution >= 0.6 is 0 Å². The third kappa shape index (κ3) is 1.70. The lowest BCUT2D eigenvalue weighted by Crippen LogP contribution is -2.50. The Hall–Kier alpha value is -1.12. The molecule has 1 aromatic rings. The maximum atomic E-state index is 11.1. The van der Waals surface area contributed by atoms with E-state index >= 15 is 0 Å². The molecular formula is C17H21NO. The van der Waals surface area contributed by atoms with E-state index in [-0.39, 0.29) is 0 Å². The SMILES string of the molecule is CN1C2CCC1CC(O)(C1=Cc3ccccc3C1)C2. The van der Waals surface area contributed by atoms with Crippen LogP contribution in [0, 0.1) is 0 Å². The molecular weight excluding hydrogens is 234 g/mol. The minimum absolute atomic E-state index is 0.558. The van der Waals surface area contributed by atoms with Crippen LogP contribution in [-0.4, -0.2) is 34.7 Å². The van der Waals surface area contributed by atoms with Gasteiger partial charge in [-0.1, -0.05) is 30.3 Å². The Labute approximate surface area is 114 Å². The predicted octanol–water partition coefficient (Wildman–Crippen LogP) is 2.61. The molecule has 0 amide bonds. The molecule has 1 aliphatic carbocycles. The summed E-state index contributed by atoms with van der Waals surface area (Å²) in [6, 6.07) is 9.68. The summed E-state index contributed by atoms with van der Waals surface area (Å²) >= 11 is 0. The fourth-order valence-electron chi connectivity index (χ4n) is 4.29. The topological polar surface area (TPSA) is 23.5 Å². The third-order valence-electron chi connectivity index (χ3n) is 5.50. The molecule has 2 heteroatoms. The average molecular weight is 255 g/mol. The van der Waals surface area contributed by atoms with Gasteiger partial charge < -0.3 is 10.0 Å². The number of rotatable bonds is 1. The number of benzene rings is 1. The van der Waals surface area contributed by atoms with Gasteiger partial charge in [0, 0.05) is 12.1 Å². The molecule has 3 aliphatic rings. The quantitative estimate of drug-likeness (QED) is 0.834. The molecule has 1 aromatic carbocycles. The maximum Gasteiger partial charge on any atom is 0.0893 e. The minimum atomic E-state index is -0.558. The number of nitrogens with zero attached hydrogens (tertiary/aromatic N) is 1. The molecule has 2 aliphatic heterocycles. The van der Waals surface area contributed by atoms with E-state index in [0.29, 0.717) is 12.1 Å². The van der Waals surface area contributed by atoms with Crippen molar-refractivity contribution < 1.29 is 5.11 Å². The Morgan fingerprint density at radius 2 is 1.84 bits per heavy atom. The Kier molecular flexibility index (Phi) is 2.42. The Morgan fingerprint density at radius 3 is 2.53 bits per heavy atom. The van der Waals surface area contributed by atoms with Crippen molar-refractivity contribution in [1.82, 2.24) is 4.90 Å². The first kappa shape index (κ1) is 11.7. The molecule has 2 unspecified atom stereocenters. The molecule has 0 saturated carbocycles. The van der Waals surface area contributed by atoms with Gasteiger partial charge in [0.1, 0.15) is 0 Å². The second kappa shape index (κ2) is 3.94. The number of aliphatic hydroxyl groups is 1. The van der Waals surface area contributed by atoms with Crippen molar-refractivity contribution in [3.8, 4) is 0 Å². The van der Waals surface area contributed by atoms with Crippen molar-refractivity contribution in [2.75, 3.05) is 7.05 Å². The first-order valence-electron chi connectivity index (χ1n) is 7.39. The maximum absolute atomic E-state index is 11.1. The van der Waals surface area contributed by atoms with Gasteiger partial charge >= 0.3 is 0 Å². The fraction of sp³-hybridized carbons (Fsp3) is 0.529. The monoisotopic (exact) mass is 255 g/mol. The minimum Gasteiger partial charge on any atom is -0.385 e. The zero-order valence-electron chi connectivity index (χ0n) is 11.5. The van der Waals surface area contributed by atoms with E-state index in [1.54, 1.807) is 0 Å². The lowest BCUT2D eigenvalue weighted by atomic mass is 9.79. The number of piperidine rings is 1. The van der Waals surface area contributed by atoms with Crippen LogP contribution in [0.4, 0.5) is 0 Å². The van der Waals surface area contributed by atoms with E-state index in [4.69, 9.17) is 0 Å². The molecule has 2 saturated heterocycles. The summed E-state index contributed by atoms with van der Waals surface area (Å²) in [5.74, 6) is 0. The zero-order chi connectivity index (χ0) is 13.0. The summed E-state index contributed by atoms with van der Waals surface area (Å²) in [6.07, 6.45) is 7.52.